The summed E-state index contributed by atoms with van der Waals surface area (Å²) >= 11 is 6.34. The summed E-state index contributed by atoms with van der Waals surface area (Å²) < 4.78 is 15.9. The van der Waals surface area contributed by atoms with Crippen LogP contribution in [0.4, 0.5) is 0 Å². The van der Waals surface area contributed by atoms with Crippen LogP contribution in [0.15, 0.2) is 66.2 Å². The van der Waals surface area contributed by atoms with Crippen LogP contribution in [0, 0.1) is 6.92 Å². The minimum absolute atomic E-state index is 0.0603. The van der Waals surface area contributed by atoms with Crippen molar-refractivity contribution in [1.29, 1.82) is 0 Å². The average Bonchev–Trinajstić information content (AvgIpc) is 3.20. The Morgan fingerprint density at radius 3 is 2.33 bits per heavy atom. The Labute approximate surface area is 237 Å². The number of amides is 1. The molecular formula is C31H30ClNO7. The molecule has 1 saturated heterocycles. The molecular weight excluding hydrogens is 534 g/mol. The van der Waals surface area contributed by atoms with E-state index in [0.29, 0.717) is 35.5 Å². The van der Waals surface area contributed by atoms with Crippen LogP contribution >= 0.6 is 11.6 Å². The summed E-state index contributed by atoms with van der Waals surface area (Å²) in [6.07, 6.45) is 0.715. The first kappa shape index (κ1) is 28.7. The average molecular weight is 564 g/mol. The van der Waals surface area contributed by atoms with Crippen LogP contribution in [0.3, 0.4) is 0 Å². The SMILES string of the molecule is CCCOC(=O)c1ccc(CN2C(=O)C(=O)/C(=C(/O)c3cc(Cl)c(OC)cc3OC)C2c2cccc(C)c2)cc1. The quantitative estimate of drug-likeness (QED) is 0.151. The highest BCUT2D eigenvalue weighted by Crippen LogP contribution is 2.43. The summed E-state index contributed by atoms with van der Waals surface area (Å²) in [6.45, 7) is 4.20. The highest BCUT2D eigenvalue weighted by Gasteiger charge is 2.46. The first-order valence-corrected chi connectivity index (χ1v) is 13.1. The number of methoxy groups -OCH3 is 2. The molecule has 3 aromatic carbocycles. The first-order valence-electron chi connectivity index (χ1n) is 12.7. The van der Waals surface area contributed by atoms with E-state index in [-0.39, 0.29) is 28.5 Å². The van der Waals surface area contributed by atoms with Crippen molar-refractivity contribution in [2.75, 3.05) is 20.8 Å². The minimum Gasteiger partial charge on any atom is -0.507 e. The molecule has 1 fully saturated rings. The maximum Gasteiger partial charge on any atom is 0.338 e. The third kappa shape index (κ3) is 5.67. The fourth-order valence-electron chi connectivity index (χ4n) is 4.64. The number of Topliss-reactive ketones (excluding diaryl/α,β-unsaturated/α-hetero) is 1. The molecule has 40 heavy (non-hydrogen) atoms. The number of aliphatic hydroxyl groups excluding tert-OH is 1. The van der Waals surface area contributed by atoms with Gasteiger partial charge in [-0.25, -0.2) is 4.79 Å². The molecule has 1 heterocycles. The van der Waals surface area contributed by atoms with Gasteiger partial charge in [0.25, 0.3) is 11.7 Å². The van der Waals surface area contributed by atoms with E-state index in [1.807, 2.05) is 32.0 Å². The molecule has 208 valence electrons. The Morgan fingerprint density at radius 2 is 1.70 bits per heavy atom. The van der Waals surface area contributed by atoms with E-state index < -0.39 is 29.5 Å². The predicted octanol–water partition coefficient (Wildman–Crippen LogP) is 5.85. The maximum absolute atomic E-state index is 13.5. The number of aryl methyl sites for hydroxylation is 1. The van der Waals surface area contributed by atoms with Crippen LogP contribution in [0.1, 0.15) is 52.0 Å². The zero-order valence-electron chi connectivity index (χ0n) is 22.7. The molecule has 1 aliphatic heterocycles. The maximum atomic E-state index is 13.5. The normalized spacial score (nSPS) is 16.2. The van der Waals surface area contributed by atoms with Crippen molar-refractivity contribution in [3.8, 4) is 11.5 Å². The monoisotopic (exact) mass is 563 g/mol. The number of halogens is 1. The van der Waals surface area contributed by atoms with Crippen molar-refractivity contribution in [3.05, 3.63) is 99.1 Å². The minimum atomic E-state index is -0.889. The number of ether oxygens (including phenoxy) is 3. The number of rotatable bonds is 9. The van der Waals surface area contributed by atoms with Gasteiger partial charge >= 0.3 is 5.97 Å². The molecule has 0 radical (unpaired) electrons. The van der Waals surface area contributed by atoms with E-state index in [2.05, 4.69) is 0 Å². The highest BCUT2D eigenvalue weighted by atomic mass is 35.5. The van der Waals surface area contributed by atoms with Gasteiger partial charge in [0.1, 0.15) is 17.3 Å². The summed E-state index contributed by atoms with van der Waals surface area (Å²) in [5, 5.41) is 11.7. The van der Waals surface area contributed by atoms with Crippen LogP contribution in [-0.2, 0) is 20.9 Å². The van der Waals surface area contributed by atoms with Gasteiger partial charge in [0.05, 0.1) is 48.6 Å². The summed E-state index contributed by atoms with van der Waals surface area (Å²) in [5.74, 6) is -1.90. The second-order valence-electron chi connectivity index (χ2n) is 9.36. The van der Waals surface area contributed by atoms with Crippen LogP contribution in [0.5, 0.6) is 11.5 Å². The number of hydrogen-bond acceptors (Lipinski definition) is 7. The zero-order valence-corrected chi connectivity index (χ0v) is 23.4. The van der Waals surface area contributed by atoms with Crippen molar-refractivity contribution in [2.24, 2.45) is 0 Å². The summed E-state index contributed by atoms with van der Waals surface area (Å²) in [5.41, 5.74) is 2.71. The molecule has 0 aliphatic carbocycles. The van der Waals surface area contributed by atoms with Gasteiger partial charge in [-0.05, 0) is 42.7 Å². The first-order chi connectivity index (χ1) is 19.2. The van der Waals surface area contributed by atoms with Crippen molar-refractivity contribution < 1.29 is 33.7 Å². The molecule has 1 unspecified atom stereocenters. The van der Waals surface area contributed by atoms with E-state index >= 15 is 0 Å². The number of aliphatic hydroxyl groups is 1. The number of hydrogen-bond donors (Lipinski definition) is 1. The number of carbonyl (C=O) groups is 3. The van der Waals surface area contributed by atoms with Crippen LogP contribution in [-0.4, -0.2) is 48.5 Å². The molecule has 1 amide bonds. The predicted molar refractivity (Wildman–Crippen MR) is 151 cm³/mol. The third-order valence-electron chi connectivity index (χ3n) is 6.61. The van der Waals surface area contributed by atoms with Gasteiger partial charge < -0.3 is 24.2 Å². The molecule has 1 atom stereocenters. The fourth-order valence-corrected chi connectivity index (χ4v) is 4.88. The lowest BCUT2D eigenvalue weighted by molar-refractivity contribution is -0.140. The van der Waals surface area contributed by atoms with Gasteiger partial charge in [-0.2, -0.15) is 0 Å². The van der Waals surface area contributed by atoms with E-state index in [1.165, 1.54) is 31.3 Å². The molecule has 0 saturated carbocycles. The van der Waals surface area contributed by atoms with E-state index in [4.69, 9.17) is 25.8 Å². The van der Waals surface area contributed by atoms with Gasteiger partial charge in [0, 0.05) is 12.6 Å². The third-order valence-corrected chi connectivity index (χ3v) is 6.90. The lowest BCUT2D eigenvalue weighted by Crippen LogP contribution is -2.29. The molecule has 0 spiro atoms. The molecule has 0 bridgehead atoms. The van der Waals surface area contributed by atoms with Crippen molar-refractivity contribution in [1.82, 2.24) is 4.90 Å². The Hall–Kier alpha value is -4.30. The number of carbonyl (C=O) groups excluding carboxylic acids is 3. The Kier molecular flexibility index (Phi) is 8.80. The van der Waals surface area contributed by atoms with Gasteiger partial charge in [-0.15, -0.1) is 0 Å². The van der Waals surface area contributed by atoms with E-state index in [9.17, 15) is 19.5 Å². The van der Waals surface area contributed by atoms with Gasteiger partial charge in [0.15, 0.2) is 0 Å². The van der Waals surface area contributed by atoms with Crippen molar-refractivity contribution in [2.45, 2.75) is 32.9 Å². The van der Waals surface area contributed by atoms with Crippen LogP contribution < -0.4 is 9.47 Å². The standard InChI is InChI=1S/C31H30ClNO7/c1-5-13-40-31(37)20-11-9-19(10-12-20)17-33-27(21-8-6-7-18(2)14-21)26(29(35)30(33)36)28(34)22-15-23(32)25(39-4)16-24(22)38-3/h6-12,14-16,27,34H,5,13,17H2,1-4H3/b28-26+. The lowest BCUT2D eigenvalue weighted by Gasteiger charge is -2.26. The van der Waals surface area contributed by atoms with E-state index in [1.54, 1.807) is 30.3 Å². The second kappa shape index (κ2) is 12.3. The van der Waals surface area contributed by atoms with E-state index in [0.717, 1.165) is 5.56 Å². The second-order valence-corrected chi connectivity index (χ2v) is 9.77. The van der Waals surface area contributed by atoms with Gasteiger partial charge in [0.2, 0.25) is 0 Å². The van der Waals surface area contributed by atoms with Gasteiger partial charge in [-0.3, -0.25) is 9.59 Å². The smallest absolute Gasteiger partial charge is 0.338 e. The molecule has 9 heteroatoms. The number of ketones is 1. The van der Waals surface area contributed by atoms with Crippen molar-refractivity contribution >= 4 is 35.0 Å². The van der Waals surface area contributed by atoms with Crippen molar-refractivity contribution in [3.63, 3.8) is 0 Å². The largest absolute Gasteiger partial charge is 0.507 e. The molecule has 1 aliphatic rings. The summed E-state index contributed by atoms with van der Waals surface area (Å²) in [4.78, 5) is 40.5. The molecule has 1 N–H and O–H groups in total. The number of nitrogens with zero attached hydrogens (tertiary/aromatic N) is 1. The molecule has 3 aromatic rings. The zero-order chi connectivity index (χ0) is 29.0. The number of likely N-dealkylation sites (tertiary alicyclic amines) is 1. The molecule has 8 nitrogen and oxygen atoms in total. The fraction of sp³-hybridized carbons (Fsp3) is 0.258. The number of esters is 1. The number of benzene rings is 3. The molecule has 4 rings (SSSR count). The lowest BCUT2D eigenvalue weighted by atomic mass is 9.94. The Bertz CT molecular complexity index is 1480. The topological polar surface area (TPSA) is 102 Å². The Morgan fingerprint density at radius 1 is 1.00 bits per heavy atom. The highest BCUT2D eigenvalue weighted by molar-refractivity contribution is 6.46. The Balaban J connectivity index is 1.80. The van der Waals surface area contributed by atoms with Crippen LogP contribution in [0.2, 0.25) is 5.02 Å². The van der Waals surface area contributed by atoms with Crippen LogP contribution in [0.25, 0.3) is 5.76 Å². The summed E-state index contributed by atoms with van der Waals surface area (Å²) in [7, 11) is 2.86. The summed E-state index contributed by atoms with van der Waals surface area (Å²) in [6, 6.07) is 16.1. The van der Waals surface area contributed by atoms with Gasteiger partial charge in [-0.1, -0.05) is 60.5 Å². The molecule has 0 aromatic heterocycles.